The Morgan fingerprint density at radius 3 is 2.84 bits per heavy atom. The van der Waals surface area contributed by atoms with Crippen molar-refractivity contribution in [3.63, 3.8) is 0 Å². The van der Waals surface area contributed by atoms with Crippen molar-refractivity contribution >= 4 is 11.8 Å². The Labute approximate surface area is 158 Å². The number of thioether (sulfide) groups is 1. The largest absolute Gasteiger partial charge is 0.394 e. The number of hydrogen-bond donors (Lipinski definition) is 2. The van der Waals surface area contributed by atoms with Gasteiger partial charge in [-0.25, -0.2) is 0 Å². The van der Waals surface area contributed by atoms with Gasteiger partial charge in [0.05, 0.1) is 6.61 Å². The fraction of sp³-hybridized carbons (Fsp3) is 0.727. The summed E-state index contributed by atoms with van der Waals surface area (Å²) in [6.07, 6.45) is 8.21. The average molecular weight is 362 g/mol. The highest BCUT2D eigenvalue weighted by Crippen LogP contribution is 2.40. The predicted molar refractivity (Wildman–Crippen MR) is 109 cm³/mol. The molecule has 2 aliphatic rings. The van der Waals surface area contributed by atoms with Crippen LogP contribution in [0.3, 0.4) is 0 Å². The van der Waals surface area contributed by atoms with Crippen LogP contribution < -0.4 is 5.73 Å². The van der Waals surface area contributed by atoms with Crippen LogP contribution in [-0.4, -0.2) is 28.8 Å². The monoisotopic (exact) mass is 361 g/mol. The first-order chi connectivity index (χ1) is 12.0. The highest BCUT2D eigenvalue weighted by molar-refractivity contribution is 7.99. The van der Waals surface area contributed by atoms with E-state index in [2.05, 4.69) is 43.8 Å². The van der Waals surface area contributed by atoms with Crippen molar-refractivity contribution in [3.05, 3.63) is 34.9 Å². The van der Waals surface area contributed by atoms with Crippen molar-refractivity contribution in [1.82, 2.24) is 0 Å². The zero-order valence-corrected chi connectivity index (χ0v) is 16.8. The van der Waals surface area contributed by atoms with E-state index in [0.29, 0.717) is 5.92 Å². The SMILES string of the molecule is CC(C)CSCC[C@@H]1CCc2cc([C@H]3CC[C@](N)(CO)C3)ccc2C1. The summed E-state index contributed by atoms with van der Waals surface area (Å²) in [6.45, 7) is 4.73. The minimum atomic E-state index is -0.348. The summed E-state index contributed by atoms with van der Waals surface area (Å²) in [4.78, 5) is 0. The summed E-state index contributed by atoms with van der Waals surface area (Å²) in [6, 6.07) is 7.17. The quantitative estimate of drug-likeness (QED) is 0.702. The smallest absolute Gasteiger partial charge is 0.0611 e. The molecule has 3 heteroatoms. The van der Waals surface area contributed by atoms with E-state index in [4.69, 9.17) is 5.73 Å². The summed E-state index contributed by atoms with van der Waals surface area (Å²) >= 11 is 2.13. The number of rotatable bonds is 7. The molecule has 3 atom stereocenters. The average Bonchev–Trinajstić information content (AvgIpc) is 3.01. The highest BCUT2D eigenvalue weighted by atomic mass is 32.2. The first-order valence-corrected chi connectivity index (χ1v) is 11.2. The maximum Gasteiger partial charge on any atom is 0.0611 e. The maximum absolute atomic E-state index is 9.50. The van der Waals surface area contributed by atoms with Crippen molar-refractivity contribution in [2.45, 2.75) is 70.3 Å². The fourth-order valence-corrected chi connectivity index (χ4v) is 5.64. The first-order valence-electron chi connectivity index (χ1n) is 10.1. The van der Waals surface area contributed by atoms with Crippen molar-refractivity contribution in [2.75, 3.05) is 18.1 Å². The van der Waals surface area contributed by atoms with Gasteiger partial charge in [0.25, 0.3) is 0 Å². The summed E-state index contributed by atoms with van der Waals surface area (Å²) in [5.74, 6) is 4.83. The molecule has 25 heavy (non-hydrogen) atoms. The highest BCUT2D eigenvalue weighted by Gasteiger charge is 2.36. The molecule has 1 aromatic rings. The van der Waals surface area contributed by atoms with Crippen LogP contribution in [0.25, 0.3) is 0 Å². The van der Waals surface area contributed by atoms with Gasteiger partial charge in [-0.05, 0) is 90.9 Å². The zero-order chi connectivity index (χ0) is 17.9. The molecule has 3 N–H and O–H groups in total. The Kier molecular flexibility index (Phi) is 6.51. The summed E-state index contributed by atoms with van der Waals surface area (Å²) in [7, 11) is 0. The van der Waals surface area contributed by atoms with E-state index >= 15 is 0 Å². The van der Waals surface area contributed by atoms with Crippen LogP contribution in [-0.2, 0) is 12.8 Å². The molecule has 1 fully saturated rings. The van der Waals surface area contributed by atoms with Crippen molar-refractivity contribution in [2.24, 2.45) is 17.6 Å². The molecule has 0 amide bonds. The van der Waals surface area contributed by atoms with Crippen LogP contribution >= 0.6 is 11.8 Å². The summed E-state index contributed by atoms with van der Waals surface area (Å²) in [5, 5.41) is 9.50. The summed E-state index contributed by atoms with van der Waals surface area (Å²) in [5.41, 5.74) is 10.5. The number of hydrogen-bond acceptors (Lipinski definition) is 3. The predicted octanol–water partition coefficient (Wildman–Crippen LogP) is 4.53. The topological polar surface area (TPSA) is 46.2 Å². The lowest BCUT2D eigenvalue weighted by atomic mass is 9.80. The van der Waals surface area contributed by atoms with Gasteiger partial charge < -0.3 is 10.8 Å². The molecule has 0 bridgehead atoms. The maximum atomic E-state index is 9.50. The number of nitrogens with two attached hydrogens (primary N) is 1. The van der Waals surface area contributed by atoms with Gasteiger partial charge in [0.2, 0.25) is 0 Å². The lowest BCUT2D eigenvalue weighted by Crippen LogP contribution is -2.40. The standard InChI is InChI=1S/C22H35NOS/c1-16(2)14-25-10-8-17-3-4-19-12-20(6-5-18(19)11-17)21-7-9-22(23,13-21)15-24/h5-6,12,16-17,21,24H,3-4,7-11,13-15,23H2,1-2H3/t17-,21-,22+/m0/s1. The molecule has 0 spiro atoms. The second kappa shape index (κ2) is 8.45. The molecule has 0 heterocycles. The minimum Gasteiger partial charge on any atom is -0.394 e. The molecular weight excluding hydrogens is 326 g/mol. The van der Waals surface area contributed by atoms with E-state index in [-0.39, 0.29) is 12.1 Å². The third-order valence-electron chi connectivity index (χ3n) is 6.11. The number of aliphatic hydroxyl groups excluding tert-OH is 1. The molecule has 0 aliphatic heterocycles. The minimum absolute atomic E-state index is 0.116. The van der Waals surface area contributed by atoms with Gasteiger partial charge in [0.1, 0.15) is 0 Å². The Bertz CT molecular complexity index is 573. The van der Waals surface area contributed by atoms with E-state index < -0.39 is 0 Å². The molecule has 1 saturated carbocycles. The molecule has 0 saturated heterocycles. The van der Waals surface area contributed by atoms with Gasteiger partial charge in [-0.1, -0.05) is 32.0 Å². The first kappa shape index (κ1) is 19.3. The van der Waals surface area contributed by atoms with Crippen molar-refractivity contribution in [1.29, 1.82) is 0 Å². The second-order valence-corrected chi connectivity index (χ2v) is 10.0. The van der Waals surface area contributed by atoms with E-state index in [0.717, 1.165) is 31.1 Å². The number of fused-ring (bicyclic) bond motifs is 1. The van der Waals surface area contributed by atoms with E-state index in [1.807, 2.05) is 0 Å². The van der Waals surface area contributed by atoms with E-state index in [1.54, 1.807) is 11.1 Å². The van der Waals surface area contributed by atoms with Crippen LogP contribution in [0.4, 0.5) is 0 Å². The Hall–Kier alpha value is -0.510. The van der Waals surface area contributed by atoms with Gasteiger partial charge in [0, 0.05) is 5.54 Å². The van der Waals surface area contributed by atoms with Crippen LogP contribution in [0.5, 0.6) is 0 Å². The fourth-order valence-electron chi connectivity index (χ4n) is 4.50. The zero-order valence-electron chi connectivity index (χ0n) is 16.0. The third kappa shape index (κ3) is 5.02. The Balaban J connectivity index is 1.55. The molecule has 2 nitrogen and oxygen atoms in total. The van der Waals surface area contributed by atoms with E-state index in [9.17, 15) is 5.11 Å². The van der Waals surface area contributed by atoms with Gasteiger partial charge in [-0.3, -0.25) is 0 Å². The molecule has 0 aromatic heterocycles. The van der Waals surface area contributed by atoms with Crippen LogP contribution in [0, 0.1) is 11.8 Å². The molecule has 1 aromatic carbocycles. The Morgan fingerprint density at radius 2 is 2.12 bits per heavy atom. The normalized spacial score (nSPS) is 29.2. The lowest BCUT2D eigenvalue weighted by molar-refractivity contribution is 0.198. The number of aliphatic hydroxyl groups is 1. The summed E-state index contributed by atoms with van der Waals surface area (Å²) < 4.78 is 0. The number of aryl methyl sites for hydroxylation is 1. The molecule has 140 valence electrons. The van der Waals surface area contributed by atoms with Crippen molar-refractivity contribution in [3.8, 4) is 0 Å². The van der Waals surface area contributed by atoms with Crippen LogP contribution in [0.2, 0.25) is 0 Å². The number of benzene rings is 1. The second-order valence-electron chi connectivity index (χ2n) is 8.85. The third-order valence-corrected chi connectivity index (χ3v) is 7.54. The molecule has 3 rings (SSSR count). The Morgan fingerprint density at radius 1 is 1.28 bits per heavy atom. The van der Waals surface area contributed by atoms with Gasteiger partial charge >= 0.3 is 0 Å². The van der Waals surface area contributed by atoms with Crippen molar-refractivity contribution < 1.29 is 5.11 Å². The van der Waals surface area contributed by atoms with Gasteiger partial charge in [-0.2, -0.15) is 11.8 Å². The van der Waals surface area contributed by atoms with Crippen LogP contribution in [0.15, 0.2) is 18.2 Å². The van der Waals surface area contributed by atoms with Gasteiger partial charge in [0.15, 0.2) is 0 Å². The molecule has 0 radical (unpaired) electrons. The molecule has 0 unspecified atom stereocenters. The van der Waals surface area contributed by atoms with Gasteiger partial charge in [-0.15, -0.1) is 0 Å². The lowest BCUT2D eigenvalue weighted by Gasteiger charge is -2.26. The molecule has 2 aliphatic carbocycles. The molecular formula is C22H35NOS. The van der Waals surface area contributed by atoms with Crippen LogP contribution in [0.1, 0.15) is 68.6 Å². The van der Waals surface area contributed by atoms with E-state index in [1.165, 1.54) is 42.8 Å².